The van der Waals surface area contributed by atoms with E-state index >= 15 is 0 Å². The van der Waals surface area contributed by atoms with Gasteiger partial charge in [-0.3, -0.25) is 5.10 Å². The molecule has 0 aliphatic carbocycles. The average molecular weight is 393 g/mol. The number of hydrogen-bond donors (Lipinski definition) is 3. The van der Waals surface area contributed by atoms with Crippen LogP contribution in [0.4, 0.5) is 11.6 Å². The first-order valence-electron chi connectivity index (χ1n) is 9.84. The largest absolute Gasteiger partial charge is 0.391 e. The normalized spacial score (nSPS) is 18.9. The molecule has 3 heterocycles. The van der Waals surface area contributed by atoms with Crippen molar-refractivity contribution in [3.8, 4) is 11.3 Å². The molecule has 2 atom stereocenters. The van der Waals surface area contributed by atoms with Crippen LogP contribution in [0.5, 0.6) is 0 Å². The quantitative estimate of drug-likeness (QED) is 0.562. The summed E-state index contributed by atoms with van der Waals surface area (Å²) in [7, 11) is 3.91. The highest BCUT2D eigenvalue weighted by Crippen LogP contribution is 2.25. The molecular weight excluding hydrogens is 366 g/mol. The fourth-order valence-corrected chi connectivity index (χ4v) is 3.69. The molecule has 152 valence electrons. The van der Waals surface area contributed by atoms with Crippen molar-refractivity contribution < 1.29 is 5.11 Å². The van der Waals surface area contributed by atoms with Gasteiger partial charge >= 0.3 is 0 Å². The molecule has 1 aliphatic rings. The third-order valence-electron chi connectivity index (χ3n) is 5.18. The van der Waals surface area contributed by atoms with Crippen LogP contribution in [0.3, 0.4) is 0 Å². The van der Waals surface area contributed by atoms with Gasteiger partial charge in [0, 0.05) is 57.1 Å². The molecule has 29 heavy (non-hydrogen) atoms. The Bertz CT molecular complexity index is 928. The van der Waals surface area contributed by atoms with E-state index in [1.807, 2.05) is 43.3 Å². The Kier molecular flexibility index (Phi) is 5.73. The third-order valence-corrected chi connectivity index (χ3v) is 5.18. The summed E-state index contributed by atoms with van der Waals surface area (Å²) < 4.78 is 0. The van der Waals surface area contributed by atoms with Crippen molar-refractivity contribution in [2.45, 2.75) is 25.1 Å². The molecule has 4 rings (SSSR count). The maximum absolute atomic E-state index is 10.2. The lowest BCUT2D eigenvalue weighted by molar-refractivity contribution is 0.194. The number of aliphatic hydroxyl groups excluding tert-OH is 1. The monoisotopic (exact) mass is 393 g/mol. The zero-order chi connectivity index (χ0) is 20.2. The molecular formula is C21H27N7O. The van der Waals surface area contributed by atoms with E-state index in [1.165, 1.54) is 0 Å². The first-order chi connectivity index (χ1) is 14.1. The van der Waals surface area contributed by atoms with E-state index in [2.05, 4.69) is 48.6 Å². The number of nitrogens with one attached hydrogen (secondary N) is 2. The van der Waals surface area contributed by atoms with E-state index in [0.29, 0.717) is 19.5 Å². The molecule has 0 spiro atoms. The first-order valence-corrected chi connectivity index (χ1v) is 9.84. The van der Waals surface area contributed by atoms with Crippen LogP contribution in [0.25, 0.3) is 11.3 Å². The molecule has 3 N–H and O–H groups in total. The molecule has 0 unspecified atom stereocenters. The number of aromatic amines is 1. The maximum atomic E-state index is 10.2. The highest BCUT2D eigenvalue weighted by molar-refractivity contribution is 5.58. The van der Waals surface area contributed by atoms with Gasteiger partial charge in [-0.15, -0.1) is 0 Å². The smallest absolute Gasteiger partial charge is 0.134 e. The van der Waals surface area contributed by atoms with E-state index in [4.69, 9.17) is 0 Å². The SMILES string of the molecule is CN(C)c1cc(N2C[C@H](O)C[C@@H]2CNCc2cc(-c3ccccc3)n[nH]2)ncn1. The molecule has 0 amide bonds. The van der Waals surface area contributed by atoms with Crippen LogP contribution in [0.15, 0.2) is 48.8 Å². The maximum Gasteiger partial charge on any atom is 0.134 e. The van der Waals surface area contributed by atoms with Crippen LogP contribution >= 0.6 is 0 Å². The van der Waals surface area contributed by atoms with Crippen molar-refractivity contribution in [2.75, 3.05) is 37.0 Å². The number of aromatic nitrogens is 4. The van der Waals surface area contributed by atoms with E-state index < -0.39 is 0 Å². The first kappa shape index (κ1) is 19.4. The third kappa shape index (κ3) is 4.55. The van der Waals surface area contributed by atoms with Crippen molar-refractivity contribution >= 4 is 11.6 Å². The summed E-state index contributed by atoms with van der Waals surface area (Å²) in [6.07, 6.45) is 1.94. The van der Waals surface area contributed by atoms with Crippen molar-refractivity contribution in [1.29, 1.82) is 0 Å². The Morgan fingerprint density at radius 2 is 2.03 bits per heavy atom. The Morgan fingerprint density at radius 1 is 1.21 bits per heavy atom. The molecule has 1 fully saturated rings. The molecule has 1 saturated heterocycles. The molecule has 0 bridgehead atoms. The number of H-pyrrole nitrogens is 1. The summed E-state index contributed by atoms with van der Waals surface area (Å²) in [6, 6.07) is 14.3. The Balaban J connectivity index is 1.37. The average Bonchev–Trinajstić information content (AvgIpc) is 3.35. The van der Waals surface area contributed by atoms with Crippen LogP contribution in [-0.4, -0.2) is 64.6 Å². The fraction of sp³-hybridized carbons (Fsp3) is 0.381. The molecule has 0 radical (unpaired) electrons. The molecule has 1 aromatic carbocycles. The number of anilines is 2. The zero-order valence-electron chi connectivity index (χ0n) is 16.8. The van der Waals surface area contributed by atoms with Gasteiger partial charge in [-0.25, -0.2) is 9.97 Å². The van der Waals surface area contributed by atoms with Gasteiger partial charge in [-0.1, -0.05) is 30.3 Å². The van der Waals surface area contributed by atoms with Crippen LogP contribution < -0.4 is 15.1 Å². The summed E-state index contributed by atoms with van der Waals surface area (Å²) in [5, 5.41) is 21.2. The van der Waals surface area contributed by atoms with E-state index in [1.54, 1.807) is 6.33 Å². The number of benzene rings is 1. The van der Waals surface area contributed by atoms with E-state index in [9.17, 15) is 5.11 Å². The topological polar surface area (TPSA) is 93.2 Å². The zero-order valence-corrected chi connectivity index (χ0v) is 16.8. The van der Waals surface area contributed by atoms with Gasteiger partial charge in [0.05, 0.1) is 11.8 Å². The van der Waals surface area contributed by atoms with Crippen molar-refractivity contribution in [1.82, 2.24) is 25.5 Å². The minimum Gasteiger partial charge on any atom is -0.391 e. The number of rotatable bonds is 7. The fourth-order valence-electron chi connectivity index (χ4n) is 3.69. The van der Waals surface area contributed by atoms with Crippen molar-refractivity contribution in [3.63, 3.8) is 0 Å². The van der Waals surface area contributed by atoms with Gasteiger partial charge < -0.3 is 20.2 Å². The van der Waals surface area contributed by atoms with Gasteiger partial charge in [-0.2, -0.15) is 5.10 Å². The summed E-state index contributed by atoms with van der Waals surface area (Å²) in [4.78, 5) is 12.8. The molecule has 1 aliphatic heterocycles. The lowest BCUT2D eigenvalue weighted by Gasteiger charge is -2.26. The van der Waals surface area contributed by atoms with Crippen LogP contribution in [-0.2, 0) is 6.54 Å². The Labute approximate surface area is 170 Å². The van der Waals surface area contributed by atoms with Gasteiger partial charge in [0.2, 0.25) is 0 Å². The second kappa shape index (κ2) is 8.59. The van der Waals surface area contributed by atoms with Crippen LogP contribution in [0.2, 0.25) is 0 Å². The van der Waals surface area contributed by atoms with Gasteiger partial charge in [-0.05, 0) is 12.5 Å². The summed E-state index contributed by atoms with van der Waals surface area (Å²) in [6.45, 7) is 2.02. The lowest BCUT2D eigenvalue weighted by atomic mass is 10.1. The lowest BCUT2D eigenvalue weighted by Crippen LogP contribution is -2.38. The minimum absolute atomic E-state index is 0.173. The molecule has 8 heteroatoms. The van der Waals surface area contributed by atoms with E-state index in [0.717, 1.165) is 35.1 Å². The molecule has 8 nitrogen and oxygen atoms in total. The molecule has 3 aromatic rings. The highest BCUT2D eigenvalue weighted by atomic mass is 16.3. The van der Waals surface area contributed by atoms with Gasteiger partial charge in [0.15, 0.2) is 0 Å². The standard InChI is InChI=1S/C21H27N7O/c1-27(2)20-10-21(24-14-23-20)28-13-18(29)9-17(28)12-22-11-16-8-19(26-25-16)15-6-4-3-5-7-15/h3-8,10,14,17-18,22,29H,9,11-13H2,1-2H3,(H,25,26)/t17-,18-/m1/s1. The highest BCUT2D eigenvalue weighted by Gasteiger charge is 2.31. The summed E-state index contributed by atoms with van der Waals surface area (Å²) in [5.41, 5.74) is 3.07. The van der Waals surface area contributed by atoms with Crippen molar-refractivity contribution in [2.24, 2.45) is 0 Å². The van der Waals surface area contributed by atoms with Gasteiger partial charge in [0.25, 0.3) is 0 Å². The number of hydrogen-bond acceptors (Lipinski definition) is 7. The van der Waals surface area contributed by atoms with Crippen molar-refractivity contribution in [3.05, 3.63) is 54.5 Å². The summed E-state index contributed by atoms with van der Waals surface area (Å²) in [5.74, 6) is 1.70. The van der Waals surface area contributed by atoms with Gasteiger partial charge in [0.1, 0.15) is 18.0 Å². The number of aliphatic hydroxyl groups is 1. The second-order valence-corrected chi connectivity index (χ2v) is 7.60. The number of β-amino-alcohol motifs (C(OH)–C–C–N with tert-alkyl or cyclic N) is 1. The molecule has 2 aromatic heterocycles. The predicted octanol–water partition coefficient (Wildman–Crippen LogP) is 1.66. The second-order valence-electron chi connectivity index (χ2n) is 7.60. The number of nitrogens with zero attached hydrogens (tertiary/aromatic N) is 5. The van der Waals surface area contributed by atoms with E-state index in [-0.39, 0.29) is 12.1 Å². The van der Waals surface area contributed by atoms with Crippen LogP contribution in [0, 0.1) is 0 Å². The molecule has 0 saturated carbocycles. The summed E-state index contributed by atoms with van der Waals surface area (Å²) >= 11 is 0. The Morgan fingerprint density at radius 3 is 2.83 bits per heavy atom. The minimum atomic E-state index is -0.351. The predicted molar refractivity (Wildman–Crippen MR) is 114 cm³/mol. The van der Waals surface area contributed by atoms with Crippen LogP contribution in [0.1, 0.15) is 12.1 Å². The Hall–Kier alpha value is -2.97.